The van der Waals surface area contributed by atoms with Gasteiger partial charge in [0.25, 0.3) is 5.91 Å². The Morgan fingerprint density at radius 2 is 2.04 bits per heavy atom. The van der Waals surface area contributed by atoms with E-state index in [0.29, 0.717) is 35.2 Å². The Labute approximate surface area is 171 Å². The van der Waals surface area contributed by atoms with Gasteiger partial charge in [0.2, 0.25) is 0 Å². The van der Waals surface area contributed by atoms with Crippen molar-refractivity contribution in [1.82, 2.24) is 10.2 Å². The summed E-state index contributed by atoms with van der Waals surface area (Å²) in [5, 5.41) is 3.33. The van der Waals surface area contributed by atoms with Crippen LogP contribution in [0.5, 0.6) is 11.5 Å². The van der Waals surface area contributed by atoms with Crippen LogP contribution in [0.3, 0.4) is 0 Å². The number of carbonyl (C=O) groups is 1. The average Bonchev–Trinajstić information content (AvgIpc) is 3.23. The molecule has 0 saturated heterocycles. The van der Waals surface area contributed by atoms with Gasteiger partial charge < -0.3 is 19.2 Å². The number of rotatable bonds is 11. The summed E-state index contributed by atoms with van der Waals surface area (Å²) in [6, 6.07) is 6.98. The number of nitrogens with zero attached hydrogens (tertiary/aromatic N) is 1. The molecule has 0 radical (unpaired) electrons. The summed E-state index contributed by atoms with van der Waals surface area (Å²) in [4.78, 5) is 15.0. The van der Waals surface area contributed by atoms with Crippen molar-refractivity contribution >= 4 is 17.5 Å². The number of nitrogens with one attached hydrogen (secondary N) is 1. The number of hydrogen-bond donors (Lipinski definition) is 1. The minimum Gasteiger partial charge on any atom is -0.493 e. The zero-order valence-corrected chi connectivity index (χ0v) is 17.7. The molecule has 0 bridgehead atoms. The molecular formula is C21H29ClN2O4. The first-order valence-corrected chi connectivity index (χ1v) is 9.99. The number of amides is 1. The minimum atomic E-state index is -0.231. The maximum absolute atomic E-state index is 12.7. The van der Waals surface area contributed by atoms with E-state index in [0.717, 1.165) is 25.3 Å². The largest absolute Gasteiger partial charge is 0.493 e. The Morgan fingerprint density at radius 1 is 1.29 bits per heavy atom. The Balaban J connectivity index is 2.15. The molecule has 154 valence electrons. The fourth-order valence-electron chi connectivity index (χ4n) is 3.04. The van der Waals surface area contributed by atoms with Crippen LogP contribution in [0.4, 0.5) is 0 Å². The third-order valence-electron chi connectivity index (χ3n) is 4.52. The molecule has 1 amide bonds. The van der Waals surface area contributed by atoms with Crippen LogP contribution in [-0.4, -0.2) is 44.2 Å². The standard InChI is InChI=1S/C21H29ClN2O4/c1-5-10-28-20-16(22)12-15(13-19(20)26-4)21(25)23-14-17(24(6-2)7-3)18-9-8-11-27-18/h8-9,11-13,17H,5-7,10,14H2,1-4H3,(H,23,25). The SMILES string of the molecule is CCCOc1c(Cl)cc(C(=O)NCC(c2ccco2)N(CC)CC)cc1OC. The highest BCUT2D eigenvalue weighted by Crippen LogP contribution is 2.36. The maximum Gasteiger partial charge on any atom is 0.251 e. The maximum atomic E-state index is 12.7. The number of hydrogen-bond acceptors (Lipinski definition) is 5. The Morgan fingerprint density at radius 3 is 2.61 bits per heavy atom. The summed E-state index contributed by atoms with van der Waals surface area (Å²) >= 11 is 6.32. The van der Waals surface area contributed by atoms with Crippen LogP contribution in [0.25, 0.3) is 0 Å². The molecule has 1 atom stereocenters. The number of halogens is 1. The van der Waals surface area contributed by atoms with Gasteiger partial charge in [-0.1, -0.05) is 32.4 Å². The van der Waals surface area contributed by atoms with Gasteiger partial charge in [0.05, 0.1) is 31.0 Å². The average molecular weight is 409 g/mol. The highest BCUT2D eigenvalue weighted by molar-refractivity contribution is 6.32. The number of furan rings is 1. The van der Waals surface area contributed by atoms with Crippen molar-refractivity contribution < 1.29 is 18.7 Å². The van der Waals surface area contributed by atoms with Gasteiger partial charge in [0, 0.05) is 12.1 Å². The van der Waals surface area contributed by atoms with E-state index in [1.165, 1.54) is 7.11 Å². The van der Waals surface area contributed by atoms with E-state index in [1.807, 2.05) is 19.1 Å². The van der Waals surface area contributed by atoms with Crippen molar-refractivity contribution in [2.24, 2.45) is 0 Å². The molecule has 0 aliphatic rings. The zero-order valence-electron chi connectivity index (χ0n) is 17.0. The van der Waals surface area contributed by atoms with Crippen molar-refractivity contribution in [2.75, 3.05) is 33.4 Å². The Kier molecular flexibility index (Phi) is 8.67. The van der Waals surface area contributed by atoms with Crippen molar-refractivity contribution in [3.63, 3.8) is 0 Å². The Hall–Kier alpha value is -2.18. The highest BCUT2D eigenvalue weighted by Gasteiger charge is 2.22. The molecule has 6 nitrogen and oxygen atoms in total. The molecule has 0 fully saturated rings. The van der Waals surface area contributed by atoms with Crippen LogP contribution >= 0.6 is 11.6 Å². The van der Waals surface area contributed by atoms with Gasteiger partial charge in [0.15, 0.2) is 11.5 Å². The number of benzene rings is 1. The second kappa shape index (κ2) is 11.0. The first-order valence-electron chi connectivity index (χ1n) is 9.61. The third-order valence-corrected chi connectivity index (χ3v) is 4.80. The van der Waals surface area contributed by atoms with Crippen molar-refractivity contribution in [1.29, 1.82) is 0 Å². The summed E-state index contributed by atoms with van der Waals surface area (Å²) in [6.07, 6.45) is 2.49. The lowest BCUT2D eigenvalue weighted by atomic mass is 10.1. The van der Waals surface area contributed by atoms with Crippen LogP contribution < -0.4 is 14.8 Å². The van der Waals surface area contributed by atoms with Gasteiger partial charge in [0.1, 0.15) is 5.76 Å². The molecule has 0 spiro atoms. The minimum absolute atomic E-state index is 0.0431. The molecule has 1 aromatic carbocycles. The molecule has 2 aromatic rings. The molecular weight excluding hydrogens is 380 g/mol. The predicted molar refractivity (Wildman–Crippen MR) is 110 cm³/mol. The van der Waals surface area contributed by atoms with E-state index in [9.17, 15) is 4.79 Å². The van der Waals surface area contributed by atoms with Crippen molar-refractivity contribution in [2.45, 2.75) is 33.2 Å². The van der Waals surface area contributed by atoms with E-state index in [-0.39, 0.29) is 11.9 Å². The van der Waals surface area contributed by atoms with E-state index < -0.39 is 0 Å². The highest BCUT2D eigenvalue weighted by atomic mass is 35.5. The van der Waals surface area contributed by atoms with E-state index in [1.54, 1.807) is 18.4 Å². The normalized spacial score (nSPS) is 12.1. The molecule has 0 aliphatic carbocycles. The first kappa shape index (κ1) is 22.1. The van der Waals surface area contributed by atoms with Gasteiger partial charge in [-0.2, -0.15) is 0 Å². The van der Waals surface area contributed by atoms with Gasteiger partial charge in [-0.3, -0.25) is 9.69 Å². The van der Waals surface area contributed by atoms with Gasteiger partial charge >= 0.3 is 0 Å². The fourth-order valence-corrected chi connectivity index (χ4v) is 3.31. The lowest BCUT2D eigenvalue weighted by Crippen LogP contribution is -2.37. The molecule has 1 unspecified atom stereocenters. The molecule has 28 heavy (non-hydrogen) atoms. The van der Waals surface area contributed by atoms with Crippen LogP contribution in [-0.2, 0) is 0 Å². The van der Waals surface area contributed by atoms with Crippen molar-refractivity contribution in [3.8, 4) is 11.5 Å². The topological polar surface area (TPSA) is 63.9 Å². The molecule has 2 rings (SSSR count). The van der Waals surface area contributed by atoms with Gasteiger partial charge in [-0.05, 0) is 43.8 Å². The molecule has 0 saturated carbocycles. The molecule has 1 N–H and O–H groups in total. The van der Waals surface area contributed by atoms with Crippen LogP contribution in [0, 0.1) is 0 Å². The molecule has 0 aliphatic heterocycles. The summed E-state index contributed by atoms with van der Waals surface area (Å²) in [5.74, 6) is 1.49. The summed E-state index contributed by atoms with van der Waals surface area (Å²) in [7, 11) is 1.53. The van der Waals surface area contributed by atoms with Crippen LogP contribution in [0.15, 0.2) is 34.9 Å². The van der Waals surface area contributed by atoms with E-state index in [2.05, 4.69) is 24.1 Å². The van der Waals surface area contributed by atoms with E-state index >= 15 is 0 Å². The summed E-state index contributed by atoms with van der Waals surface area (Å²) in [6.45, 7) is 8.81. The lowest BCUT2D eigenvalue weighted by Gasteiger charge is -2.28. The smallest absolute Gasteiger partial charge is 0.251 e. The number of carbonyl (C=O) groups excluding carboxylic acids is 1. The second-order valence-corrected chi connectivity index (χ2v) is 6.71. The van der Waals surface area contributed by atoms with E-state index in [4.69, 9.17) is 25.5 Å². The van der Waals surface area contributed by atoms with Crippen molar-refractivity contribution in [3.05, 3.63) is 46.9 Å². The third kappa shape index (κ3) is 5.42. The first-order chi connectivity index (χ1) is 13.5. The fraction of sp³-hybridized carbons (Fsp3) is 0.476. The van der Waals surface area contributed by atoms with Crippen LogP contribution in [0.1, 0.15) is 49.4 Å². The zero-order chi connectivity index (χ0) is 20.5. The van der Waals surface area contributed by atoms with Crippen LogP contribution in [0.2, 0.25) is 5.02 Å². The number of likely N-dealkylation sites (N-methyl/N-ethyl adjacent to an activating group) is 1. The van der Waals surface area contributed by atoms with Gasteiger partial charge in [-0.25, -0.2) is 0 Å². The summed E-state index contributed by atoms with van der Waals surface area (Å²) < 4.78 is 16.6. The van der Waals surface area contributed by atoms with Gasteiger partial charge in [-0.15, -0.1) is 0 Å². The lowest BCUT2D eigenvalue weighted by molar-refractivity contribution is 0.0929. The second-order valence-electron chi connectivity index (χ2n) is 6.30. The molecule has 7 heteroatoms. The number of methoxy groups -OCH3 is 1. The monoisotopic (exact) mass is 408 g/mol. The number of ether oxygens (including phenoxy) is 2. The summed E-state index contributed by atoms with van der Waals surface area (Å²) in [5.41, 5.74) is 0.420. The quantitative estimate of drug-likeness (QED) is 0.591. The molecule has 1 heterocycles. The molecule has 1 aromatic heterocycles. The Bertz CT molecular complexity index is 745. The predicted octanol–water partition coefficient (Wildman–Crippen LogP) is 4.54.